The van der Waals surface area contributed by atoms with E-state index in [4.69, 9.17) is 21.3 Å². The number of nitrogen functional groups attached to an aromatic ring is 1. The molecule has 2 heterocycles. The molecular weight excluding hydrogens is 487 g/mol. The summed E-state index contributed by atoms with van der Waals surface area (Å²) in [6, 6.07) is 16.1. The third-order valence-electron chi connectivity index (χ3n) is 5.51. The van der Waals surface area contributed by atoms with E-state index in [2.05, 4.69) is 15.0 Å². The lowest BCUT2D eigenvalue weighted by Crippen LogP contribution is -2.32. The summed E-state index contributed by atoms with van der Waals surface area (Å²) in [5, 5.41) is 8.96. The number of carboxylic acids is 1. The van der Waals surface area contributed by atoms with Crippen molar-refractivity contribution in [2.24, 2.45) is 5.73 Å². The Morgan fingerprint density at radius 2 is 1.51 bits per heavy atom. The highest BCUT2D eigenvalue weighted by molar-refractivity contribution is 5.73. The van der Waals surface area contributed by atoms with Crippen molar-refractivity contribution in [3.05, 3.63) is 90.3 Å². The molecule has 5 N–H and O–H groups in total. The Balaban J connectivity index is 1.58. The van der Waals surface area contributed by atoms with Gasteiger partial charge in [-0.3, -0.25) is 9.78 Å². The summed E-state index contributed by atoms with van der Waals surface area (Å²) in [5.41, 5.74) is 14.2. The van der Waals surface area contributed by atoms with Crippen molar-refractivity contribution in [2.45, 2.75) is 24.7 Å². The Hall–Kier alpha value is -4.51. The molecule has 0 aliphatic rings. The quantitative estimate of drug-likeness (QED) is 0.317. The van der Waals surface area contributed by atoms with Crippen LogP contribution in [0.15, 0.2) is 79.1 Å². The number of aliphatic carboxylic acids is 1. The smallest absolute Gasteiger partial charge is 0.429 e. The van der Waals surface area contributed by atoms with Gasteiger partial charge in [-0.1, -0.05) is 48.5 Å². The molecule has 0 saturated carbocycles. The Bertz CT molecular complexity index is 1370. The van der Waals surface area contributed by atoms with E-state index in [-0.39, 0.29) is 29.5 Å². The summed E-state index contributed by atoms with van der Waals surface area (Å²) in [5.74, 6) is -1.74. The number of ether oxygens (including phenoxy) is 1. The van der Waals surface area contributed by atoms with Crippen molar-refractivity contribution in [1.29, 1.82) is 0 Å². The van der Waals surface area contributed by atoms with Gasteiger partial charge in [0, 0.05) is 29.6 Å². The summed E-state index contributed by atoms with van der Waals surface area (Å²) >= 11 is 0. The lowest BCUT2D eigenvalue weighted by molar-refractivity contribution is -0.198. The molecule has 4 aromatic rings. The molecule has 0 saturated heterocycles. The SMILES string of the molecule is Nc1nc(OC(c2ccc(-c3ccncc3)cc2)C(F)(F)F)cc(-c2ccc(C[C@H](N)C(=O)O)cc2)n1. The summed E-state index contributed by atoms with van der Waals surface area (Å²) in [6.45, 7) is 0. The summed E-state index contributed by atoms with van der Waals surface area (Å²) in [6.07, 6.45) is -3.71. The van der Waals surface area contributed by atoms with E-state index in [1.54, 1.807) is 60.9 Å². The first-order valence-electron chi connectivity index (χ1n) is 11.1. The molecule has 0 aliphatic carbocycles. The molecule has 0 fully saturated rings. The average molecular weight is 509 g/mol. The van der Waals surface area contributed by atoms with Crippen LogP contribution >= 0.6 is 0 Å². The van der Waals surface area contributed by atoms with Crippen LogP contribution in [0, 0.1) is 0 Å². The molecule has 190 valence electrons. The molecule has 4 rings (SSSR count). The van der Waals surface area contributed by atoms with Gasteiger partial charge in [-0.25, -0.2) is 4.98 Å². The van der Waals surface area contributed by atoms with Crippen LogP contribution in [0.2, 0.25) is 0 Å². The fourth-order valence-corrected chi connectivity index (χ4v) is 3.64. The van der Waals surface area contributed by atoms with E-state index in [0.29, 0.717) is 11.1 Å². The number of hydrogen-bond donors (Lipinski definition) is 3. The van der Waals surface area contributed by atoms with E-state index in [0.717, 1.165) is 11.1 Å². The molecule has 0 bridgehead atoms. The Kier molecular flexibility index (Phi) is 7.35. The van der Waals surface area contributed by atoms with Gasteiger partial charge < -0.3 is 21.3 Å². The zero-order chi connectivity index (χ0) is 26.6. The van der Waals surface area contributed by atoms with E-state index in [1.165, 1.54) is 18.2 Å². The molecule has 0 aliphatic heterocycles. The molecule has 2 atom stereocenters. The molecule has 0 amide bonds. The summed E-state index contributed by atoms with van der Waals surface area (Å²) < 4.78 is 47.3. The summed E-state index contributed by atoms with van der Waals surface area (Å²) in [4.78, 5) is 22.8. The van der Waals surface area contributed by atoms with Gasteiger partial charge in [0.15, 0.2) is 0 Å². The zero-order valence-electron chi connectivity index (χ0n) is 19.3. The first kappa shape index (κ1) is 25.6. The predicted octanol–water partition coefficient (Wildman–Crippen LogP) is 4.42. The number of alkyl halides is 3. The topological polar surface area (TPSA) is 137 Å². The number of benzene rings is 2. The lowest BCUT2D eigenvalue weighted by Gasteiger charge is -2.22. The van der Waals surface area contributed by atoms with Gasteiger partial charge in [-0.05, 0) is 35.2 Å². The van der Waals surface area contributed by atoms with Crippen molar-refractivity contribution in [2.75, 3.05) is 5.73 Å². The minimum absolute atomic E-state index is 0.108. The van der Waals surface area contributed by atoms with Crippen LogP contribution in [0.3, 0.4) is 0 Å². The highest BCUT2D eigenvalue weighted by Gasteiger charge is 2.43. The van der Waals surface area contributed by atoms with Gasteiger partial charge in [0.2, 0.25) is 17.9 Å². The minimum atomic E-state index is -4.73. The first-order chi connectivity index (χ1) is 17.6. The standard InChI is InChI=1S/C26H22F3N5O3/c27-26(28,29)23(19-7-5-16(6-8-19)17-9-11-32-12-10-17)37-22-14-21(33-25(31)34-22)18-3-1-15(2-4-18)13-20(30)24(35)36/h1-12,14,20,23H,13,30H2,(H,35,36)(H2,31,33,34)/t20-,23?/m0/s1. The number of aromatic nitrogens is 3. The van der Waals surface area contributed by atoms with Crippen molar-refractivity contribution < 1.29 is 27.8 Å². The third kappa shape index (κ3) is 6.39. The number of carboxylic acid groups (broad SMARTS) is 1. The summed E-state index contributed by atoms with van der Waals surface area (Å²) in [7, 11) is 0. The van der Waals surface area contributed by atoms with Crippen LogP contribution in [-0.2, 0) is 11.2 Å². The number of halogens is 3. The van der Waals surface area contributed by atoms with E-state index >= 15 is 0 Å². The normalized spacial score (nSPS) is 13.1. The van der Waals surface area contributed by atoms with Crippen molar-refractivity contribution in [1.82, 2.24) is 15.0 Å². The number of carbonyl (C=O) groups is 1. The molecule has 37 heavy (non-hydrogen) atoms. The van der Waals surface area contributed by atoms with Crippen LogP contribution in [-0.4, -0.2) is 38.2 Å². The second-order valence-electron chi connectivity index (χ2n) is 8.19. The second-order valence-corrected chi connectivity index (χ2v) is 8.19. The molecule has 0 spiro atoms. The van der Waals surface area contributed by atoms with Gasteiger partial charge in [0.05, 0.1) is 5.69 Å². The third-order valence-corrected chi connectivity index (χ3v) is 5.51. The number of nitrogens with zero attached hydrogens (tertiary/aromatic N) is 3. The van der Waals surface area contributed by atoms with Crippen molar-refractivity contribution in [3.63, 3.8) is 0 Å². The van der Waals surface area contributed by atoms with Crippen molar-refractivity contribution in [3.8, 4) is 28.3 Å². The Morgan fingerprint density at radius 3 is 2.11 bits per heavy atom. The number of rotatable bonds is 8. The second kappa shape index (κ2) is 10.6. The van der Waals surface area contributed by atoms with Gasteiger partial charge in [-0.15, -0.1) is 0 Å². The fraction of sp³-hybridized carbons (Fsp3) is 0.154. The molecule has 8 nitrogen and oxygen atoms in total. The number of anilines is 1. The number of nitrogens with two attached hydrogens (primary N) is 2. The monoisotopic (exact) mass is 509 g/mol. The van der Waals surface area contributed by atoms with Crippen LogP contribution in [0.4, 0.5) is 19.1 Å². The molecule has 1 unspecified atom stereocenters. The maximum absolute atomic E-state index is 14.0. The number of hydrogen-bond acceptors (Lipinski definition) is 7. The van der Waals surface area contributed by atoms with Gasteiger partial charge >= 0.3 is 12.1 Å². The average Bonchev–Trinajstić information content (AvgIpc) is 2.87. The van der Waals surface area contributed by atoms with E-state index in [9.17, 15) is 18.0 Å². The molecule has 0 radical (unpaired) electrons. The minimum Gasteiger partial charge on any atom is -0.480 e. The molecule has 2 aromatic heterocycles. The van der Waals surface area contributed by atoms with Crippen LogP contribution < -0.4 is 16.2 Å². The van der Waals surface area contributed by atoms with Crippen LogP contribution in [0.5, 0.6) is 5.88 Å². The lowest BCUT2D eigenvalue weighted by atomic mass is 10.0. The van der Waals surface area contributed by atoms with E-state index in [1.807, 2.05) is 0 Å². The maximum Gasteiger partial charge on any atom is 0.429 e. The Labute approximate surface area is 209 Å². The molecular formula is C26H22F3N5O3. The van der Waals surface area contributed by atoms with Crippen LogP contribution in [0.1, 0.15) is 17.2 Å². The van der Waals surface area contributed by atoms with Crippen molar-refractivity contribution >= 4 is 11.9 Å². The fourth-order valence-electron chi connectivity index (χ4n) is 3.64. The number of pyridine rings is 1. The largest absolute Gasteiger partial charge is 0.480 e. The van der Waals surface area contributed by atoms with Gasteiger partial charge in [0.1, 0.15) is 6.04 Å². The zero-order valence-corrected chi connectivity index (χ0v) is 19.3. The molecule has 11 heteroatoms. The van der Waals surface area contributed by atoms with Crippen LogP contribution in [0.25, 0.3) is 22.4 Å². The maximum atomic E-state index is 14.0. The van der Waals surface area contributed by atoms with Gasteiger partial charge in [-0.2, -0.15) is 18.2 Å². The highest BCUT2D eigenvalue weighted by Crippen LogP contribution is 2.38. The Morgan fingerprint density at radius 1 is 0.919 bits per heavy atom. The molecule has 2 aromatic carbocycles. The van der Waals surface area contributed by atoms with E-state index < -0.39 is 24.3 Å². The highest BCUT2D eigenvalue weighted by atomic mass is 19.4. The predicted molar refractivity (Wildman–Crippen MR) is 130 cm³/mol. The first-order valence-corrected chi connectivity index (χ1v) is 11.1. The van der Waals surface area contributed by atoms with Gasteiger partial charge in [0.25, 0.3) is 0 Å².